The van der Waals surface area contributed by atoms with Crippen molar-refractivity contribution < 1.29 is 14.4 Å². The molecule has 1 saturated carbocycles. The zero-order valence-electron chi connectivity index (χ0n) is 16.6. The molecular weight excluding hydrogens is 341 g/mol. The van der Waals surface area contributed by atoms with Gasteiger partial charge in [-0.05, 0) is 68.1 Å². The fourth-order valence-electron chi connectivity index (χ4n) is 3.98. The Morgan fingerprint density at radius 2 is 2.11 bits per heavy atom. The highest BCUT2D eigenvalue weighted by molar-refractivity contribution is 5.93. The zero-order valence-corrected chi connectivity index (χ0v) is 16.6. The van der Waals surface area contributed by atoms with Gasteiger partial charge in [0.25, 0.3) is 5.91 Å². The number of rotatable bonds is 6. The third kappa shape index (κ3) is 4.56. The monoisotopic (exact) mass is 371 g/mol. The summed E-state index contributed by atoms with van der Waals surface area (Å²) in [6.07, 6.45) is 4.77. The number of allylic oxidation sites excluding steroid dienone is 2. The number of carbonyl (C=O) groups is 1. The maximum atomic E-state index is 13.7. The molecule has 27 heavy (non-hydrogen) atoms. The highest BCUT2D eigenvalue weighted by Gasteiger charge is 2.39. The van der Waals surface area contributed by atoms with Gasteiger partial charge in [-0.3, -0.25) is 10.0 Å². The van der Waals surface area contributed by atoms with Crippen molar-refractivity contribution in [2.75, 3.05) is 6.54 Å². The summed E-state index contributed by atoms with van der Waals surface area (Å²) >= 11 is 0. The molecule has 1 fully saturated rings. The lowest BCUT2D eigenvalue weighted by Gasteiger charge is -2.44. The number of nitrogens with zero attached hydrogens (tertiary/aromatic N) is 1. The van der Waals surface area contributed by atoms with Crippen molar-refractivity contribution in [3.05, 3.63) is 72.1 Å². The van der Waals surface area contributed by atoms with E-state index in [4.69, 9.17) is 0 Å². The van der Waals surface area contributed by atoms with Gasteiger partial charge < -0.3 is 0 Å². The topological polar surface area (TPSA) is 40.5 Å². The maximum Gasteiger partial charge on any atom is 0.277 e. The molecule has 1 aromatic carbocycles. The van der Waals surface area contributed by atoms with Gasteiger partial charge in [0.15, 0.2) is 0 Å². The summed E-state index contributed by atoms with van der Waals surface area (Å²) in [7, 11) is 0. The Bertz CT molecular complexity index is 770. The lowest BCUT2D eigenvalue weighted by molar-refractivity contribution is -0.0532. The van der Waals surface area contributed by atoms with Gasteiger partial charge >= 0.3 is 0 Å². The second-order valence-electron chi connectivity index (χ2n) is 8.07. The van der Waals surface area contributed by atoms with E-state index < -0.39 is 11.7 Å². The van der Waals surface area contributed by atoms with Gasteiger partial charge in [0.1, 0.15) is 5.82 Å². The van der Waals surface area contributed by atoms with Crippen LogP contribution in [-0.4, -0.2) is 22.7 Å². The normalized spacial score (nSPS) is 24.9. The first-order chi connectivity index (χ1) is 12.6. The number of benzene rings is 1. The van der Waals surface area contributed by atoms with Gasteiger partial charge in [-0.15, -0.1) is 6.58 Å². The molecule has 0 bridgehead atoms. The standard InChI is InChI=1S/C23H30FNO2/c1-7-23(6)11-10-18(12-20(23)15(2)3)17(5)14-25(27)22(26)19-9-8-16(4)21(24)13-19/h7-9,13,18,20,27H,1-2,5,10-12,14H2,3-4,6H3/t18-,20+,23-/m1/s1. The smallest absolute Gasteiger partial charge is 0.277 e. The summed E-state index contributed by atoms with van der Waals surface area (Å²) in [5, 5.41) is 10.9. The summed E-state index contributed by atoms with van der Waals surface area (Å²) in [6.45, 7) is 18.1. The molecule has 3 atom stereocenters. The van der Waals surface area contributed by atoms with Crippen LogP contribution in [-0.2, 0) is 0 Å². The molecule has 3 nitrogen and oxygen atoms in total. The molecule has 1 N–H and O–H groups in total. The van der Waals surface area contributed by atoms with Crippen molar-refractivity contribution in [2.45, 2.75) is 40.0 Å². The number of hydroxylamine groups is 2. The van der Waals surface area contributed by atoms with E-state index in [9.17, 15) is 14.4 Å². The molecule has 0 aliphatic heterocycles. The average molecular weight is 371 g/mol. The molecule has 0 heterocycles. The minimum absolute atomic E-state index is 0.0107. The molecule has 0 radical (unpaired) electrons. The van der Waals surface area contributed by atoms with Crippen LogP contribution in [0, 0.1) is 30.0 Å². The molecule has 2 rings (SSSR count). The van der Waals surface area contributed by atoms with Gasteiger partial charge in [0.2, 0.25) is 0 Å². The van der Waals surface area contributed by atoms with Gasteiger partial charge in [-0.1, -0.05) is 43.4 Å². The van der Waals surface area contributed by atoms with Crippen molar-refractivity contribution >= 4 is 5.91 Å². The molecule has 4 heteroatoms. The minimum atomic E-state index is -0.627. The molecule has 0 unspecified atom stereocenters. The van der Waals surface area contributed by atoms with E-state index >= 15 is 0 Å². The van der Waals surface area contributed by atoms with Crippen LogP contribution >= 0.6 is 0 Å². The third-order valence-electron chi connectivity index (χ3n) is 5.99. The van der Waals surface area contributed by atoms with Crippen LogP contribution in [0.2, 0.25) is 0 Å². The van der Waals surface area contributed by atoms with E-state index in [1.54, 1.807) is 6.92 Å². The first-order valence-corrected chi connectivity index (χ1v) is 9.32. The third-order valence-corrected chi connectivity index (χ3v) is 5.99. The number of carbonyl (C=O) groups excluding carboxylic acids is 1. The van der Waals surface area contributed by atoms with Crippen LogP contribution in [0.25, 0.3) is 0 Å². The largest absolute Gasteiger partial charge is 0.285 e. The predicted octanol–water partition coefficient (Wildman–Crippen LogP) is 5.71. The summed E-state index contributed by atoms with van der Waals surface area (Å²) in [4.78, 5) is 12.4. The van der Waals surface area contributed by atoms with Crippen molar-refractivity contribution in [3.8, 4) is 0 Å². The van der Waals surface area contributed by atoms with E-state index in [1.165, 1.54) is 12.1 Å². The Balaban J connectivity index is 2.05. The average Bonchev–Trinajstić information content (AvgIpc) is 2.63. The lowest BCUT2D eigenvalue weighted by Crippen LogP contribution is -2.36. The Morgan fingerprint density at radius 3 is 2.67 bits per heavy atom. The van der Waals surface area contributed by atoms with Crippen molar-refractivity contribution in [1.82, 2.24) is 5.06 Å². The summed E-state index contributed by atoms with van der Waals surface area (Å²) in [5.41, 5.74) is 2.50. The fraction of sp³-hybridized carbons (Fsp3) is 0.435. The quantitative estimate of drug-likeness (QED) is 0.395. The van der Waals surface area contributed by atoms with Gasteiger partial charge in [-0.25, -0.2) is 9.45 Å². The maximum absolute atomic E-state index is 13.7. The Kier molecular flexibility index (Phi) is 6.42. The Labute approximate surface area is 161 Å². The van der Waals surface area contributed by atoms with E-state index in [0.29, 0.717) is 16.5 Å². The zero-order chi connectivity index (χ0) is 20.4. The molecule has 0 aromatic heterocycles. The molecule has 1 aromatic rings. The summed E-state index contributed by atoms with van der Waals surface area (Å²) in [5.74, 6) is -0.608. The van der Waals surface area contributed by atoms with E-state index in [-0.39, 0.29) is 23.4 Å². The van der Waals surface area contributed by atoms with Gasteiger partial charge in [0, 0.05) is 5.56 Å². The second-order valence-corrected chi connectivity index (χ2v) is 8.07. The first kappa shape index (κ1) is 21.1. The molecule has 0 saturated heterocycles. The van der Waals surface area contributed by atoms with Crippen molar-refractivity contribution in [2.24, 2.45) is 17.3 Å². The lowest BCUT2D eigenvalue weighted by atomic mass is 9.61. The molecule has 1 amide bonds. The number of halogens is 1. The van der Waals surface area contributed by atoms with Gasteiger partial charge in [0.05, 0.1) is 6.54 Å². The van der Waals surface area contributed by atoms with Crippen molar-refractivity contribution in [3.63, 3.8) is 0 Å². The van der Waals surface area contributed by atoms with Crippen LogP contribution in [0.4, 0.5) is 4.39 Å². The van der Waals surface area contributed by atoms with Gasteiger partial charge in [-0.2, -0.15) is 0 Å². The van der Waals surface area contributed by atoms with Crippen molar-refractivity contribution in [1.29, 1.82) is 0 Å². The van der Waals surface area contributed by atoms with Crippen LogP contribution in [0.15, 0.2) is 55.2 Å². The molecule has 1 aliphatic carbocycles. The van der Waals surface area contributed by atoms with Crippen LogP contribution in [0.1, 0.15) is 49.0 Å². The highest BCUT2D eigenvalue weighted by Crippen LogP contribution is 2.48. The number of hydrogen-bond acceptors (Lipinski definition) is 2. The Hall–Kier alpha value is -2.20. The summed E-state index contributed by atoms with van der Waals surface area (Å²) in [6, 6.07) is 4.19. The van der Waals surface area contributed by atoms with Crippen LogP contribution in [0.3, 0.4) is 0 Å². The SMILES string of the molecule is C=C[C@]1(C)CC[C@@H](C(=C)CN(O)C(=O)c2ccc(C)c(F)c2)C[C@H]1C(=C)C. The number of aryl methyl sites for hydroxylation is 1. The minimum Gasteiger partial charge on any atom is -0.285 e. The fourth-order valence-corrected chi connectivity index (χ4v) is 3.98. The Morgan fingerprint density at radius 1 is 1.44 bits per heavy atom. The number of hydrogen-bond donors (Lipinski definition) is 1. The first-order valence-electron chi connectivity index (χ1n) is 9.32. The molecule has 1 aliphatic rings. The predicted molar refractivity (Wildman–Crippen MR) is 107 cm³/mol. The summed E-state index contributed by atoms with van der Waals surface area (Å²) < 4.78 is 13.7. The van der Waals surface area contributed by atoms with E-state index in [1.807, 2.05) is 13.0 Å². The molecule has 146 valence electrons. The molecular formula is C23H30FNO2. The van der Waals surface area contributed by atoms with E-state index in [2.05, 4.69) is 26.7 Å². The van der Waals surface area contributed by atoms with Crippen LogP contribution < -0.4 is 0 Å². The molecule has 0 spiro atoms. The number of amides is 1. The highest BCUT2D eigenvalue weighted by atomic mass is 19.1. The van der Waals surface area contributed by atoms with E-state index in [0.717, 1.165) is 36.5 Å². The second kappa shape index (κ2) is 8.22. The van der Waals surface area contributed by atoms with Crippen LogP contribution in [0.5, 0.6) is 0 Å².